The molecule has 0 saturated carbocycles. The van der Waals surface area contributed by atoms with Crippen LogP contribution in [0.3, 0.4) is 0 Å². The van der Waals surface area contributed by atoms with Crippen LogP contribution in [0.15, 0.2) is 71.5 Å². The number of amides is 1. The van der Waals surface area contributed by atoms with Crippen LogP contribution >= 0.6 is 0 Å². The molecule has 1 amide bonds. The molecule has 3 rings (SSSR count). The van der Waals surface area contributed by atoms with E-state index in [0.717, 1.165) is 18.8 Å². The van der Waals surface area contributed by atoms with Gasteiger partial charge >= 0.3 is 0 Å². The topological polar surface area (TPSA) is 67.2 Å². The van der Waals surface area contributed by atoms with Crippen LogP contribution in [0.1, 0.15) is 16.1 Å². The number of hydrogen-bond donors (Lipinski definition) is 2. The van der Waals surface area contributed by atoms with E-state index in [1.807, 2.05) is 24.3 Å². The van der Waals surface area contributed by atoms with Crippen LogP contribution in [0.5, 0.6) is 0 Å². The Bertz CT molecular complexity index is 738. The van der Waals surface area contributed by atoms with Crippen LogP contribution in [0.25, 0.3) is 0 Å². The van der Waals surface area contributed by atoms with Gasteiger partial charge in [0.25, 0.3) is 5.91 Å². The fraction of sp³-hybridized carbons (Fsp3) is 0.111. The third kappa shape index (κ3) is 4.20. The van der Waals surface area contributed by atoms with Gasteiger partial charge in [-0.2, -0.15) is 0 Å². The Morgan fingerprint density at radius 2 is 1.91 bits per heavy atom. The molecule has 0 saturated heterocycles. The number of nitrogens with zero attached hydrogens (tertiary/aromatic N) is 1. The van der Waals surface area contributed by atoms with E-state index < -0.39 is 0 Å². The van der Waals surface area contributed by atoms with Gasteiger partial charge in [-0.1, -0.05) is 30.3 Å². The highest BCUT2D eigenvalue weighted by Gasteiger charge is 2.08. The fourth-order valence-corrected chi connectivity index (χ4v) is 2.15. The molecule has 5 heteroatoms. The molecule has 0 aliphatic rings. The van der Waals surface area contributed by atoms with Crippen LogP contribution in [0, 0.1) is 0 Å². The maximum absolute atomic E-state index is 11.8. The highest BCUT2D eigenvalue weighted by molar-refractivity contribution is 6.02. The monoisotopic (exact) mass is 307 g/mol. The number of nitrogens with one attached hydrogen (secondary N) is 2. The molecule has 1 aromatic carbocycles. The minimum absolute atomic E-state index is 0.273. The number of rotatable bonds is 6. The first-order valence-corrected chi connectivity index (χ1v) is 7.40. The largest absolute Gasteiger partial charge is 0.459 e. The summed E-state index contributed by atoms with van der Waals surface area (Å²) >= 11 is 0. The van der Waals surface area contributed by atoms with Crippen molar-refractivity contribution in [2.75, 3.05) is 17.2 Å². The summed E-state index contributed by atoms with van der Waals surface area (Å²) in [6.45, 7) is 0.801. The van der Waals surface area contributed by atoms with Crippen LogP contribution < -0.4 is 10.6 Å². The number of furan rings is 1. The normalized spacial score (nSPS) is 10.3. The van der Waals surface area contributed by atoms with Gasteiger partial charge in [0, 0.05) is 6.54 Å². The Morgan fingerprint density at radius 3 is 2.61 bits per heavy atom. The summed E-state index contributed by atoms with van der Waals surface area (Å²) in [6, 6.07) is 17.2. The first-order chi connectivity index (χ1) is 11.3. The molecule has 0 fully saturated rings. The number of carbonyl (C=O) groups is 1. The minimum atomic E-state index is -0.290. The number of benzene rings is 1. The number of hydrogen-bond acceptors (Lipinski definition) is 4. The van der Waals surface area contributed by atoms with E-state index in [4.69, 9.17) is 4.42 Å². The summed E-state index contributed by atoms with van der Waals surface area (Å²) in [7, 11) is 0. The lowest BCUT2D eigenvalue weighted by Crippen LogP contribution is -2.11. The van der Waals surface area contributed by atoms with Gasteiger partial charge in [0.15, 0.2) is 5.76 Å². The van der Waals surface area contributed by atoms with E-state index >= 15 is 0 Å². The van der Waals surface area contributed by atoms with Crippen molar-refractivity contribution < 1.29 is 9.21 Å². The zero-order valence-corrected chi connectivity index (χ0v) is 12.5. The van der Waals surface area contributed by atoms with Gasteiger partial charge in [0.2, 0.25) is 0 Å². The van der Waals surface area contributed by atoms with Gasteiger partial charge in [-0.3, -0.25) is 4.79 Å². The van der Waals surface area contributed by atoms with Crippen molar-refractivity contribution in [3.63, 3.8) is 0 Å². The quantitative estimate of drug-likeness (QED) is 0.730. The van der Waals surface area contributed by atoms with Crippen LogP contribution in [0.2, 0.25) is 0 Å². The first-order valence-electron chi connectivity index (χ1n) is 7.40. The number of pyridine rings is 1. The minimum Gasteiger partial charge on any atom is -0.459 e. The average Bonchev–Trinajstić information content (AvgIpc) is 3.12. The van der Waals surface area contributed by atoms with Crippen molar-refractivity contribution in [2.45, 2.75) is 6.42 Å². The number of carbonyl (C=O) groups excluding carboxylic acids is 1. The molecule has 5 nitrogen and oxygen atoms in total. The lowest BCUT2D eigenvalue weighted by Gasteiger charge is -2.07. The zero-order valence-electron chi connectivity index (χ0n) is 12.5. The predicted molar refractivity (Wildman–Crippen MR) is 89.5 cm³/mol. The Morgan fingerprint density at radius 1 is 1.04 bits per heavy atom. The molecular weight excluding hydrogens is 290 g/mol. The molecule has 0 aliphatic carbocycles. The third-order valence-corrected chi connectivity index (χ3v) is 3.33. The van der Waals surface area contributed by atoms with E-state index in [2.05, 4.69) is 27.8 Å². The highest BCUT2D eigenvalue weighted by atomic mass is 16.3. The summed E-state index contributed by atoms with van der Waals surface area (Å²) in [5, 5.41) is 5.99. The summed E-state index contributed by atoms with van der Waals surface area (Å²) in [5.74, 6) is 0.758. The highest BCUT2D eigenvalue weighted by Crippen LogP contribution is 2.12. The van der Waals surface area contributed by atoms with E-state index in [1.165, 1.54) is 11.8 Å². The van der Waals surface area contributed by atoms with Crippen molar-refractivity contribution in [1.82, 2.24) is 4.98 Å². The van der Waals surface area contributed by atoms with Gasteiger partial charge in [-0.05, 0) is 36.2 Å². The molecular formula is C18H17N3O2. The number of aromatic nitrogens is 1. The summed E-state index contributed by atoms with van der Waals surface area (Å²) < 4.78 is 5.04. The molecule has 0 spiro atoms. The molecule has 0 radical (unpaired) electrons. The second-order valence-electron chi connectivity index (χ2n) is 5.03. The number of anilines is 2. The lowest BCUT2D eigenvalue weighted by molar-refractivity contribution is 0.0996. The van der Waals surface area contributed by atoms with Crippen molar-refractivity contribution in [3.05, 3.63) is 78.4 Å². The van der Waals surface area contributed by atoms with Gasteiger partial charge in [-0.25, -0.2) is 4.98 Å². The van der Waals surface area contributed by atoms with Gasteiger partial charge in [0.05, 0.1) is 18.1 Å². The van der Waals surface area contributed by atoms with Crippen LogP contribution in [-0.4, -0.2) is 17.4 Å². The Labute approximate surface area is 134 Å². The lowest BCUT2D eigenvalue weighted by atomic mass is 10.1. The van der Waals surface area contributed by atoms with Crippen molar-refractivity contribution >= 4 is 17.4 Å². The van der Waals surface area contributed by atoms with Crippen molar-refractivity contribution in [2.24, 2.45) is 0 Å². The summed E-state index contributed by atoms with van der Waals surface area (Å²) in [6.07, 6.45) is 4.01. The van der Waals surface area contributed by atoms with Gasteiger partial charge in [-0.15, -0.1) is 0 Å². The standard InChI is InChI=1S/C18H17N3O2/c22-18(16-7-4-12-23-16)21-15-8-9-17(20-13-15)19-11-10-14-5-2-1-3-6-14/h1-9,12-13H,10-11H2,(H,19,20)(H,21,22). The van der Waals surface area contributed by atoms with Crippen molar-refractivity contribution in [3.8, 4) is 0 Å². The van der Waals surface area contributed by atoms with Gasteiger partial charge < -0.3 is 15.1 Å². The predicted octanol–water partition coefficient (Wildman–Crippen LogP) is 3.58. The fourth-order valence-electron chi connectivity index (χ4n) is 2.15. The summed E-state index contributed by atoms with van der Waals surface area (Å²) in [5.41, 5.74) is 1.90. The Kier molecular flexibility index (Phi) is 4.69. The third-order valence-electron chi connectivity index (χ3n) is 3.33. The van der Waals surface area contributed by atoms with Gasteiger partial charge in [0.1, 0.15) is 5.82 Å². The van der Waals surface area contributed by atoms with E-state index in [-0.39, 0.29) is 11.7 Å². The first kappa shape index (κ1) is 14.8. The van der Waals surface area contributed by atoms with E-state index in [1.54, 1.807) is 24.4 Å². The summed E-state index contributed by atoms with van der Waals surface area (Å²) in [4.78, 5) is 16.1. The molecule has 2 heterocycles. The second-order valence-corrected chi connectivity index (χ2v) is 5.03. The SMILES string of the molecule is O=C(Nc1ccc(NCCc2ccccc2)nc1)c1ccco1. The van der Waals surface area contributed by atoms with Crippen molar-refractivity contribution in [1.29, 1.82) is 0 Å². The van der Waals surface area contributed by atoms with Crippen LogP contribution in [-0.2, 0) is 6.42 Å². The second kappa shape index (κ2) is 7.26. The molecule has 0 bridgehead atoms. The zero-order chi connectivity index (χ0) is 15.9. The average molecular weight is 307 g/mol. The van der Waals surface area contributed by atoms with E-state index in [9.17, 15) is 4.79 Å². The van der Waals surface area contributed by atoms with E-state index in [0.29, 0.717) is 5.69 Å². The maximum Gasteiger partial charge on any atom is 0.291 e. The molecule has 0 atom stereocenters. The van der Waals surface area contributed by atoms with Crippen LogP contribution in [0.4, 0.5) is 11.5 Å². The Hall–Kier alpha value is -3.08. The Balaban J connectivity index is 1.50. The molecule has 116 valence electrons. The molecule has 0 unspecified atom stereocenters. The molecule has 2 N–H and O–H groups in total. The molecule has 2 aromatic heterocycles. The molecule has 3 aromatic rings. The molecule has 23 heavy (non-hydrogen) atoms. The smallest absolute Gasteiger partial charge is 0.291 e. The maximum atomic E-state index is 11.8. The molecule has 0 aliphatic heterocycles.